The maximum absolute atomic E-state index is 6.24. The predicted molar refractivity (Wildman–Crippen MR) is 85.2 cm³/mol. The van der Waals surface area contributed by atoms with Gasteiger partial charge in [0.1, 0.15) is 18.0 Å². The van der Waals surface area contributed by atoms with E-state index < -0.39 is 0 Å². The zero-order chi connectivity index (χ0) is 15.5. The fraction of sp³-hybridized carbons (Fsp3) is 0.667. The molecule has 1 aromatic carbocycles. The molecule has 3 unspecified atom stereocenters. The van der Waals surface area contributed by atoms with E-state index >= 15 is 0 Å². The van der Waals surface area contributed by atoms with Crippen molar-refractivity contribution in [3.05, 3.63) is 16.7 Å². The summed E-state index contributed by atoms with van der Waals surface area (Å²) in [5.74, 6) is 2.90. The summed E-state index contributed by atoms with van der Waals surface area (Å²) in [5, 5.41) is 3.70. The van der Waals surface area contributed by atoms with Crippen LogP contribution in [-0.4, -0.2) is 25.9 Å². The van der Waals surface area contributed by atoms with Gasteiger partial charge >= 0.3 is 0 Å². The summed E-state index contributed by atoms with van der Waals surface area (Å²) in [7, 11) is 1.74. The SMILES string of the molecule is COc1c2c(c(C3(C)CCCN3)c3c1OC(C)C3)OC(C)C2. The summed E-state index contributed by atoms with van der Waals surface area (Å²) in [6.07, 6.45) is 4.58. The first-order valence-corrected chi connectivity index (χ1v) is 8.38. The van der Waals surface area contributed by atoms with E-state index in [1.54, 1.807) is 7.11 Å². The maximum Gasteiger partial charge on any atom is 0.168 e. The molecule has 0 bridgehead atoms. The second kappa shape index (κ2) is 4.79. The Kier molecular flexibility index (Phi) is 3.09. The van der Waals surface area contributed by atoms with Gasteiger partial charge in [-0.1, -0.05) is 0 Å². The number of hydrogen-bond acceptors (Lipinski definition) is 4. The van der Waals surface area contributed by atoms with Gasteiger partial charge in [0.25, 0.3) is 0 Å². The number of nitrogens with one attached hydrogen (secondary N) is 1. The fourth-order valence-corrected chi connectivity index (χ4v) is 4.38. The van der Waals surface area contributed by atoms with Crippen molar-refractivity contribution >= 4 is 0 Å². The first kappa shape index (κ1) is 14.2. The molecule has 4 heteroatoms. The summed E-state index contributed by atoms with van der Waals surface area (Å²) >= 11 is 0. The molecule has 3 aliphatic heterocycles. The van der Waals surface area contributed by atoms with Gasteiger partial charge in [-0.2, -0.15) is 0 Å². The number of hydrogen-bond donors (Lipinski definition) is 1. The minimum Gasteiger partial charge on any atom is -0.492 e. The highest BCUT2D eigenvalue weighted by Gasteiger charge is 2.43. The van der Waals surface area contributed by atoms with Gasteiger partial charge in [-0.15, -0.1) is 0 Å². The van der Waals surface area contributed by atoms with E-state index in [0.717, 1.165) is 43.1 Å². The fourth-order valence-electron chi connectivity index (χ4n) is 4.38. The molecule has 0 radical (unpaired) electrons. The normalized spacial score (nSPS) is 32.4. The van der Waals surface area contributed by atoms with Crippen molar-refractivity contribution in [3.63, 3.8) is 0 Å². The molecule has 0 saturated carbocycles. The van der Waals surface area contributed by atoms with Crippen molar-refractivity contribution in [2.75, 3.05) is 13.7 Å². The molecule has 3 atom stereocenters. The molecule has 0 spiro atoms. The second-order valence-electron chi connectivity index (χ2n) is 7.15. The third-order valence-electron chi connectivity index (χ3n) is 5.30. The number of ether oxygens (including phenoxy) is 3. The zero-order valence-corrected chi connectivity index (χ0v) is 13.9. The second-order valence-corrected chi connectivity index (χ2v) is 7.15. The molecular formula is C18H25NO3. The molecule has 0 aromatic heterocycles. The number of benzene rings is 1. The van der Waals surface area contributed by atoms with Gasteiger partial charge in [-0.25, -0.2) is 0 Å². The summed E-state index contributed by atoms with van der Waals surface area (Å²) in [4.78, 5) is 0. The van der Waals surface area contributed by atoms with E-state index in [1.165, 1.54) is 23.1 Å². The number of rotatable bonds is 2. The molecule has 1 aromatic rings. The average Bonchev–Trinajstić information content (AvgIpc) is 3.14. The molecule has 4 rings (SSSR count). The lowest BCUT2D eigenvalue weighted by atomic mass is 9.83. The van der Waals surface area contributed by atoms with Crippen LogP contribution < -0.4 is 19.5 Å². The van der Waals surface area contributed by atoms with Crippen molar-refractivity contribution < 1.29 is 14.2 Å². The van der Waals surface area contributed by atoms with E-state index in [0.29, 0.717) is 0 Å². The largest absolute Gasteiger partial charge is 0.492 e. The Labute approximate surface area is 132 Å². The van der Waals surface area contributed by atoms with Gasteiger partial charge in [0.15, 0.2) is 11.5 Å². The molecule has 1 fully saturated rings. The van der Waals surface area contributed by atoms with Crippen LogP contribution >= 0.6 is 0 Å². The Bertz CT molecular complexity index is 580. The smallest absolute Gasteiger partial charge is 0.168 e. The van der Waals surface area contributed by atoms with Crippen LogP contribution in [-0.2, 0) is 18.4 Å². The molecule has 3 heterocycles. The van der Waals surface area contributed by atoms with Gasteiger partial charge < -0.3 is 19.5 Å². The van der Waals surface area contributed by atoms with Gasteiger partial charge in [-0.3, -0.25) is 0 Å². The topological polar surface area (TPSA) is 39.7 Å². The molecule has 0 amide bonds. The highest BCUT2D eigenvalue weighted by atomic mass is 16.5. The van der Waals surface area contributed by atoms with Crippen LogP contribution in [0.5, 0.6) is 17.2 Å². The highest BCUT2D eigenvalue weighted by molar-refractivity contribution is 5.67. The minimum atomic E-state index is -0.0160. The molecule has 1 saturated heterocycles. The Balaban J connectivity index is 1.98. The van der Waals surface area contributed by atoms with E-state index in [4.69, 9.17) is 14.2 Å². The monoisotopic (exact) mass is 303 g/mol. The van der Waals surface area contributed by atoms with Gasteiger partial charge in [-0.05, 0) is 40.2 Å². The Morgan fingerprint density at radius 2 is 1.77 bits per heavy atom. The van der Waals surface area contributed by atoms with Crippen LogP contribution in [0.3, 0.4) is 0 Å². The first-order chi connectivity index (χ1) is 10.5. The van der Waals surface area contributed by atoms with Gasteiger partial charge in [0.05, 0.1) is 7.11 Å². The molecular weight excluding hydrogens is 278 g/mol. The van der Waals surface area contributed by atoms with Crippen molar-refractivity contribution in [1.29, 1.82) is 0 Å². The van der Waals surface area contributed by atoms with Crippen LogP contribution in [0.15, 0.2) is 0 Å². The highest BCUT2D eigenvalue weighted by Crippen LogP contribution is 2.54. The molecule has 0 aliphatic carbocycles. The van der Waals surface area contributed by atoms with E-state index in [9.17, 15) is 0 Å². The Hall–Kier alpha value is -1.42. The van der Waals surface area contributed by atoms with Crippen LogP contribution in [0.2, 0.25) is 0 Å². The van der Waals surface area contributed by atoms with E-state index in [-0.39, 0.29) is 17.7 Å². The van der Waals surface area contributed by atoms with Crippen molar-refractivity contribution in [2.24, 2.45) is 0 Å². The lowest BCUT2D eigenvalue weighted by molar-refractivity contribution is 0.242. The summed E-state index contributed by atoms with van der Waals surface area (Å²) in [5.41, 5.74) is 3.78. The van der Waals surface area contributed by atoms with Crippen molar-refractivity contribution in [3.8, 4) is 17.2 Å². The van der Waals surface area contributed by atoms with Crippen molar-refractivity contribution in [1.82, 2.24) is 5.32 Å². The van der Waals surface area contributed by atoms with Crippen LogP contribution in [0.25, 0.3) is 0 Å². The van der Waals surface area contributed by atoms with E-state index in [1.807, 2.05) is 0 Å². The van der Waals surface area contributed by atoms with Gasteiger partial charge in [0, 0.05) is 35.1 Å². The third kappa shape index (κ3) is 1.86. The zero-order valence-electron chi connectivity index (χ0n) is 13.9. The Morgan fingerprint density at radius 1 is 1.09 bits per heavy atom. The van der Waals surface area contributed by atoms with Crippen LogP contribution in [0.1, 0.15) is 50.3 Å². The predicted octanol–water partition coefficient (Wildman–Crippen LogP) is 2.94. The molecule has 22 heavy (non-hydrogen) atoms. The summed E-state index contributed by atoms with van der Waals surface area (Å²) in [6, 6.07) is 0. The van der Waals surface area contributed by atoms with Crippen molar-refractivity contribution in [2.45, 2.75) is 64.2 Å². The maximum atomic E-state index is 6.24. The minimum absolute atomic E-state index is 0.0160. The quantitative estimate of drug-likeness (QED) is 0.912. The lowest BCUT2D eigenvalue weighted by Crippen LogP contribution is -2.34. The third-order valence-corrected chi connectivity index (χ3v) is 5.30. The van der Waals surface area contributed by atoms with Crippen LogP contribution in [0, 0.1) is 0 Å². The number of methoxy groups -OCH3 is 1. The molecule has 3 aliphatic rings. The first-order valence-electron chi connectivity index (χ1n) is 8.38. The molecule has 120 valence electrons. The molecule has 1 N–H and O–H groups in total. The summed E-state index contributed by atoms with van der Waals surface area (Å²) < 4.78 is 18.1. The lowest BCUT2D eigenvalue weighted by Gasteiger charge is -2.30. The standard InChI is InChI=1S/C18H25NO3/c1-10-8-12-14(18(3)6-5-7-19-18)15-13(9-11(2)21-15)16(20-4)17(12)22-10/h10-11,19H,5-9H2,1-4H3. The molecule has 4 nitrogen and oxygen atoms in total. The van der Waals surface area contributed by atoms with E-state index in [2.05, 4.69) is 26.1 Å². The Morgan fingerprint density at radius 3 is 2.41 bits per heavy atom. The van der Waals surface area contributed by atoms with Gasteiger partial charge in [0.2, 0.25) is 0 Å². The number of fused-ring (bicyclic) bond motifs is 2. The van der Waals surface area contributed by atoms with Crippen LogP contribution in [0.4, 0.5) is 0 Å². The average molecular weight is 303 g/mol. The summed E-state index contributed by atoms with van der Waals surface area (Å²) in [6.45, 7) is 7.63.